The van der Waals surface area contributed by atoms with E-state index in [2.05, 4.69) is 18.2 Å². The largest absolute Gasteiger partial charge is 0.419 e. The molecule has 4 heteroatoms. The first kappa shape index (κ1) is 12.4. The normalized spacial score (nSPS) is 20.9. The van der Waals surface area contributed by atoms with Gasteiger partial charge in [-0.25, -0.2) is 4.79 Å². The molecule has 2 atom stereocenters. The van der Waals surface area contributed by atoms with Crippen molar-refractivity contribution in [2.45, 2.75) is 18.4 Å². The van der Waals surface area contributed by atoms with E-state index >= 15 is 0 Å². The number of oxazole rings is 1. The minimum absolute atomic E-state index is 0.0138. The number of aromatic nitrogens is 1. The van der Waals surface area contributed by atoms with E-state index in [-0.39, 0.29) is 17.7 Å². The molecule has 1 aromatic heterocycles. The van der Waals surface area contributed by atoms with Gasteiger partial charge in [-0.2, -0.15) is 0 Å². The zero-order valence-corrected chi connectivity index (χ0v) is 11.7. The molecule has 21 heavy (non-hydrogen) atoms. The molecular weight excluding hydrogens is 264 g/mol. The van der Waals surface area contributed by atoms with Crippen molar-refractivity contribution in [2.24, 2.45) is 12.8 Å². The fraction of sp³-hybridized carbons (Fsp3) is 0.235. The van der Waals surface area contributed by atoms with Crippen molar-refractivity contribution in [2.75, 3.05) is 0 Å². The molecule has 0 saturated carbocycles. The van der Waals surface area contributed by atoms with Gasteiger partial charge in [0.05, 0.1) is 5.52 Å². The summed E-state index contributed by atoms with van der Waals surface area (Å²) < 4.78 is 6.81. The highest BCUT2D eigenvalue weighted by Gasteiger charge is 2.31. The number of rotatable bonds is 1. The molecule has 2 N–H and O–H groups in total. The van der Waals surface area contributed by atoms with Gasteiger partial charge in [0.25, 0.3) is 0 Å². The molecule has 0 radical (unpaired) electrons. The molecule has 4 nitrogen and oxygen atoms in total. The molecule has 0 bridgehead atoms. The monoisotopic (exact) mass is 280 g/mol. The van der Waals surface area contributed by atoms with Crippen molar-refractivity contribution in [3.8, 4) is 0 Å². The third-order valence-corrected chi connectivity index (χ3v) is 4.46. The van der Waals surface area contributed by atoms with Crippen molar-refractivity contribution in [3.63, 3.8) is 0 Å². The number of hydrogen-bond donors (Lipinski definition) is 1. The van der Waals surface area contributed by atoms with Crippen LogP contribution in [0.15, 0.2) is 51.7 Å². The van der Waals surface area contributed by atoms with Gasteiger partial charge in [0.2, 0.25) is 0 Å². The number of hydrogen-bond acceptors (Lipinski definition) is 3. The minimum atomic E-state index is -0.335. The number of nitrogens with zero attached hydrogens (tertiary/aromatic N) is 1. The Balaban J connectivity index is 1.96. The molecule has 0 saturated heterocycles. The fourth-order valence-corrected chi connectivity index (χ4v) is 3.34. The van der Waals surface area contributed by atoms with Gasteiger partial charge in [-0.3, -0.25) is 4.57 Å². The summed E-state index contributed by atoms with van der Waals surface area (Å²) in [5, 5.41) is 0. The summed E-state index contributed by atoms with van der Waals surface area (Å²) in [4.78, 5) is 11.7. The Morgan fingerprint density at radius 1 is 1.19 bits per heavy atom. The van der Waals surface area contributed by atoms with Crippen LogP contribution in [0.25, 0.3) is 11.1 Å². The van der Waals surface area contributed by atoms with Crippen molar-refractivity contribution in [1.82, 2.24) is 4.57 Å². The predicted octanol–water partition coefficient (Wildman–Crippen LogP) is 2.67. The highest BCUT2D eigenvalue weighted by molar-refractivity contribution is 5.76. The summed E-state index contributed by atoms with van der Waals surface area (Å²) in [7, 11) is 1.73. The molecule has 0 amide bonds. The summed E-state index contributed by atoms with van der Waals surface area (Å²) in [5.74, 6) is -0.0518. The smallest absolute Gasteiger partial charge is 0.408 e. The molecule has 4 rings (SSSR count). The molecule has 0 spiro atoms. The van der Waals surface area contributed by atoms with Crippen LogP contribution in [-0.4, -0.2) is 4.57 Å². The lowest BCUT2D eigenvalue weighted by Gasteiger charge is -2.11. The lowest BCUT2D eigenvalue weighted by Crippen LogP contribution is -2.08. The standard InChI is InChI=1S/C17H16N2O2/c1-19-15-8-12-11(10-5-3-2-4-6-10)7-14(18)13(12)9-16(15)21-17(19)20/h2-6,8-9,11,14H,7,18H2,1H3/t11-,14-/m1/s1. The zero-order valence-electron chi connectivity index (χ0n) is 11.7. The lowest BCUT2D eigenvalue weighted by molar-refractivity contribution is 0.527. The van der Waals surface area contributed by atoms with Crippen LogP contribution in [-0.2, 0) is 7.05 Å². The van der Waals surface area contributed by atoms with E-state index in [1.165, 1.54) is 11.1 Å². The van der Waals surface area contributed by atoms with Gasteiger partial charge < -0.3 is 10.2 Å². The highest BCUT2D eigenvalue weighted by Crippen LogP contribution is 2.44. The quantitative estimate of drug-likeness (QED) is 0.745. The van der Waals surface area contributed by atoms with Crippen LogP contribution >= 0.6 is 0 Å². The van der Waals surface area contributed by atoms with E-state index in [4.69, 9.17) is 10.2 Å². The summed E-state index contributed by atoms with van der Waals surface area (Å²) in [6, 6.07) is 14.3. The van der Waals surface area contributed by atoms with Gasteiger partial charge in [-0.15, -0.1) is 0 Å². The van der Waals surface area contributed by atoms with E-state index in [0.717, 1.165) is 17.5 Å². The van der Waals surface area contributed by atoms with Crippen LogP contribution in [0.3, 0.4) is 0 Å². The van der Waals surface area contributed by atoms with Crippen LogP contribution in [0, 0.1) is 0 Å². The maximum atomic E-state index is 11.7. The molecular formula is C17H16N2O2. The molecule has 0 aliphatic heterocycles. The second-order valence-electron chi connectivity index (χ2n) is 5.68. The van der Waals surface area contributed by atoms with Crippen LogP contribution in [0.5, 0.6) is 0 Å². The fourth-order valence-electron chi connectivity index (χ4n) is 3.34. The van der Waals surface area contributed by atoms with Crippen LogP contribution in [0.1, 0.15) is 35.1 Å². The van der Waals surface area contributed by atoms with E-state index in [1.807, 2.05) is 24.3 Å². The number of fused-ring (bicyclic) bond motifs is 2. The van der Waals surface area contributed by atoms with Gasteiger partial charge in [0, 0.05) is 19.0 Å². The Labute approximate surface area is 121 Å². The summed E-state index contributed by atoms with van der Waals surface area (Å²) >= 11 is 0. The average molecular weight is 280 g/mol. The Bertz CT molecular complexity index is 877. The molecule has 106 valence electrons. The Hall–Kier alpha value is -2.33. The Morgan fingerprint density at radius 2 is 1.95 bits per heavy atom. The molecule has 3 aromatic rings. The highest BCUT2D eigenvalue weighted by atomic mass is 16.4. The number of aryl methyl sites for hydroxylation is 1. The molecule has 2 aromatic carbocycles. The second kappa shape index (κ2) is 4.33. The Morgan fingerprint density at radius 3 is 2.71 bits per heavy atom. The third kappa shape index (κ3) is 1.76. The summed E-state index contributed by atoms with van der Waals surface area (Å²) in [5.41, 5.74) is 11.3. The van der Waals surface area contributed by atoms with Crippen molar-refractivity contribution in [3.05, 3.63) is 69.7 Å². The van der Waals surface area contributed by atoms with Crippen molar-refractivity contribution >= 4 is 11.1 Å². The first-order valence-electron chi connectivity index (χ1n) is 7.09. The van der Waals surface area contributed by atoms with E-state index in [1.54, 1.807) is 11.6 Å². The molecule has 1 aliphatic rings. The first-order chi connectivity index (χ1) is 10.1. The van der Waals surface area contributed by atoms with Crippen LogP contribution in [0.4, 0.5) is 0 Å². The molecule has 1 aliphatic carbocycles. The maximum absolute atomic E-state index is 11.7. The zero-order chi connectivity index (χ0) is 14.6. The van der Waals surface area contributed by atoms with Crippen molar-refractivity contribution < 1.29 is 4.42 Å². The number of benzene rings is 2. The van der Waals surface area contributed by atoms with E-state index < -0.39 is 0 Å². The topological polar surface area (TPSA) is 61.2 Å². The predicted molar refractivity (Wildman–Crippen MR) is 81.3 cm³/mol. The van der Waals surface area contributed by atoms with Gasteiger partial charge in [0.1, 0.15) is 0 Å². The second-order valence-corrected chi connectivity index (χ2v) is 5.68. The van der Waals surface area contributed by atoms with Gasteiger partial charge in [-0.1, -0.05) is 30.3 Å². The van der Waals surface area contributed by atoms with Crippen LogP contribution in [0.2, 0.25) is 0 Å². The SMILES string of the molecule is Cn1c(=O)oc2cc3c(cc21)[C@@H](c1ccccc1)C[C@H]3N. The van der Waals surface area contributed by atoms with Gasteiger partial charge in [-0.05, 0) is 35.2 Å². The summed E-state index contributed by atoms with van der Waals surface area (Å²) in [6.45, 7) is 0. The maximum Gasteiger partial charge on any atom is 0.419 e. The average Bonchev–Trinajstić information content (AvgIpc) is 2.97. The van der Waals surface area contributed by atoms with E-state index in [0.29, 0.717) is 5.58 Å². The van der Waals surface area contributed by atoms with Gasteiger partial charge >= 0.3 is 5.76 Å². The third-order valence-electron chi connectivity index (χ3n) is 4.46. The first-order valence-corrected chi connectivity index (χ1v) is 7.09. The van der Waals surface area contributed by atoms with E-state index in [9.17, 15) is 4.79 Å². The molecule has 0 fully saturated rings. The summed E-state index contributed by atoms with van der Waals surface area (Å²) in [6.07, 6.45) is 0.889. The Kier molecular flexibility index (Phi) is 2.56. The molecule has 0 unspecified atom stereocenters. The minimum Gasteiger partial charge on any atom is -0.408 e. The number of nitrogens with two attached hydrogens (primary N) is 1. The van der Waals surface area contributed by atoms with Crippen LogP contribution < -0.4 is 11.5 Å². The molecule has 1 heterocycles. The van der Waals surface area contributed by atoms with Crippen molar-refractivity contribution in [1.29, 1.82) is 0 Å². The lowest BCUT2D eigenvalue weighted by atomic mass is 9.93. The van der Waals surface area contributed by atoms with Gasteiger partial charge in [0.15, 0.2) is 5.58 Å².